The highest BCUT2D eigenvalue weighted by atomic mass is 79.9. The van der Waals surface area contributed by atoms with Crippen LogP contribution in [0.15, 0.2) is 15.9 Å². The van der Waals surface area contributed by atoms with Gasteiger partial charge in [0.05, 0.1) is 3.79 Å². The summed E-state index contributed by atoms with van der Waals surface area (Å²) < 4.78 is 1.13. The number of nitrogens with zero attached hydrogens (tertiary/aromatic N) is 3. The monoisotopic (exact) mass is 244 g/mol. The second-order valence-electron chi connectivity index (χ2n) is 2.21. The lowest BCUT2D eigenvalue weighted by Crippen LogP contribution is -1.86. The Labute approximate surface area is 81.1 Å². The highest BCUT2D eigenvalue weighted by molar-refractivity contribution is 9.11. The summed E-state index contributed by atoms with van der Waals surface area (Å²) in [5.74, 6) is 0.726. The first-order valence-corrected chi connectivity index (χ1v) is 4.92. The van der Waals surface area contributed by atoms with Crippen molar-refractivity contribution in [3.63, 3.8) is 0 Å². The summed E-state index contributed by atoms with van der Waals surface area (Å²) in [4.78, 5) is 1.23. The molecule has 0 aliphatic heterocycles. The molecule has 2 heterocycles. The van der Waals surface area contributed by atoms with Gasteiger partial charge in [0.15, 0.2) is 5.82 Å². The van der Waals surface area contributed by atoms with E-state index in [0.29, 0.717) is 0 Å². The number of tetrazole rings is 1. The molecule has 2 rings (SSSR count). The Balaban J connectivity index is 2.14. The molecule has 0 fully saturated rings. The summed E-state index contributed by atoms with van der Waals surface area (Å²) in [6.07, 6.45) is 0.743. The van der Waals surface area contributed by atoms with E-state index < -0.39 is 0 Å². The fourth-order valence-electron chi connectivity index (χ4n) is 0.860. The van der Waals surface area contributed by atoms with Gasteiger partial charge in [-0.05, 0) is 28.1 Å². The molecule has 4 nitrogen and oxygen atoms in total. The number of H-pyrrole nitrogens is 1. The molecule has 62 valence electrons. The molecule has 0 atom stereocenters. The summed E-state index contributed by atoms with van der Waals surface area (Å²) >= 11 is 5.07. The van der Waals surface area contributed by atoms with Crippen molar-refractivity contribution in [1.29, 1.82) is 0 Å². The van der Waals surface area contributed by atoms with E-state index in [0.717, 1.165) is 16.0 Å². The summed E-state index contributed by atoms with van der Waals surface area (Å²) in [5.41, 5.74) is 0. The first kappa shape index (κ1) is 7.88. The van der Waals surface area contributed by atoms with Crippen LogP contribution in [-0.2, 0) is 6.42 Å². The summed E-state index contributed by atoms with van der Waals surface area (Å²) in [6.45, 7) is 0. The normalized spacial score (nSPS) is 10.4. The first-order valence-electron chi connectivity index (χ1n) is 3.31. The predicted molar refractivity (Wildman–Crippen MR) is 49.0 cm³/mol. The molecular weight excluding hydrogens is 240 g/mol. The van der Waals surface area contributed by atoms with Gasteiger partial charge < -0.3 is 0 Å². The predicted octanol–water partition coefficient (Wildman–Crippen LogP) is 1.61. The minimum Gasteiger partial charge on any atom is -0.177 e. The largest absolute Gasteiger partial charge is 0.179 e. The lowest BCUT2D eigenvalue weighted by molar-refractivity contribution is 0.881. The molecule has 0 bridgehead atoms. The smallest absolute Gasteiger partial charge is 0.177 e. The minimum atomic E-state index is 0.726. The molecule has 0 amide bonds. The van der Waals surface area contributed by atoms with Crippen molar-refractivity contribution in [2.24, 2.45) is 0 Å². The Kier molecular flexibility index (Phi) is 2.18. The Morgan fingerprint density at radius 3 is 3.00 bits per heavy atom. The van der Waals surface area contributed by atoms with E-state index in [1.165, 1.54) is 4.88 Å². The van der Waals surface area contributed by atoms with Crippen LogP contribution in [0.4, 0.5) is 0 Å². The van der Waals surface area contributed by atoms with Gasteiger partial charge in [-0.1, -0.05) is 5.21 Å². The van der Waals surface area contributed by atoms with Gasteiger partial charge in [0.2, 0.25) is 0 Å². The highest BCUT2D eigenvalue weighted by Crippen LogP contribution is 2.23. The maximum absolute atomic E-state index is 3.86. The average Bonchev–Trinajstić information content (AvgIpc) is 2.63. The Bertz CT molecular complexity index is 355. The minimum absolute atomic E-state index is 0.726. The van der Waals surface area contributed by atoms with Gasteiger partial charge >= 0.3 is 0 Å². The standard InChI is InChI=1S/C6H5BrN4S/c7-5-2-1-4(12-5)3-6-8-10-11-9-6/h1-2H,3H2,(H,8,9,10,11). The van der Waals surface area contributed by atoms with Crippen LogP contribution in [0.3, 0.4) is 0 Å². The molecule has 0 aromatic carbocycles. The zero-order valence-electron chi connectivity index (χ0n) is 5.99. The molecule has 0 radical (unpaired) electrons. The van der Waals surface area contributed by atoms with Crippen LogP contribution in [0, 0.1) is 0 Å². The number of rotatable bonds is 2. The molecule has 1 N–H and O–H groups in total. The van der Waals surface area contributed by atoms with E-state index >= 15 is 0 Å². The number of aromatic amines is 1. The van der Waals surface area contributed by atoms with Crippen LogP contribution in [0.25, 0.3) is 0 Å². The summed E-state index contributed by atoms with van der Waals surface area (Å²) in [7, 11) is 0. The van der Waals surface area contributed by atoms with Crippen molar-refractivity contribution in [3.05, 3.63) is 26.6 Å². The fourth-order valence-corrected chi connectivity index (χ4v) is 2.34. The zero-order valence-corrected chi connectivity index (χ0v) is 8.39. The van der Waals surface area contributed by atoms with Gasteiger partial charge in [0.25, 0.3) is 0 Å². The van der Waals surface area contributed by atoms with Crippen molar-refractivity contribution in [2.75, 3.05) is 0 Å². The SMILES string of the molecule is Brc1ccc(Cc2nn[nH]n2)s1. The molecule has 0 aliphatic carbocycles. The van der Waals surface area contributed by atoms with E-state index in [2.05, 4.69) is 36.6 Å². The van der Waals surface area contributed by atoms with Crippen LogP contribution < -0.4 is 0 Å². The molecule has 12 heavy (non-hydrogen) atoms. The van der Waals surface area contributed by atoms with E-state index in [1.54, 1.807) is 11.3 Å². The maximum atomic E-state index is 3.86. The lowest BCUT2D eigenvalue weighted by Gasteiger charge is -1.86. The van der Waals surface area contributed by atoms with Gasteiger partial charge in [0.1, 0.15) is 0 Å². The van der Waals surface area contributed by atoms with E-state index in [4.69, 9.17) is 0 Å². The zero-order chi connectivity index (χ0) is 8.39. The third-order valence-electron chi connectivity index (χ3n) is 1.35. The van der Waals surface area contributed by atoms with Crippen LogP contribution in [0.1, 0.15) is 10.7 Å². The van der Waals surface area contributed by atoms with E-state index in [9.17, 15) is 0 Å². The number of hydrogen-bond donors (Lipinski definition) is 1. The third-order valence-corrected chi connectivity index (χ3v) is 2.97. The molecule has 0 aliphatic rings. The fraction of sp³-hybridized carbons (Fsp3) is 0.167. The number of halogens is 1. The third kappa shape index (κ3) is 1.70. The van der Waals surface area contributed by atoms with Crippen molar-refractivity contribution in [1.82, 2.24) is 20.6 Å². The van der Waals surface area contributed by atoms with Crippen LogP contribution in [0.5, 0.6) is 0 Å². The number of thiophene rings is 1. The van der Waals surface area contributed by atoms with Gasteiger partial charge in [-0.15, -0.1) is 21.5 Å². The second kappa shape index (κ2) is 3.32. The molecule has 0 unspecified atom stereocenters. The van der Waals surface area contributed by atoms with Gasteiger partial charge in [-0.25, -0.2) is 0 Å². The van der Waals surface area contributed by atoms with Crippen molar-refractivity contribution < 1.29 is 0 Å². The average molecular weight is 245 g/mol. The maximum Gasteiger partial charge on any atom is 0.179 e. The van der Waals surface area contributed by atoms with E-state index in [1.807, 2.05) is 12.1 Å². The first-order chi connectivity index (χ1) is 5.84. The number of aromatic nitrogens is 4. The van der Waals surface area contributed by atoms with Gasteiger partial charge in [-0.3, -0.25) is 0 Å². The molecule has 6 heteroatoms. The van der Waals surface area contributed by atoms with Crippen molar-refractivity contribution in [3.8, 4) is 0 Å². The molecular formula is C6H5BrN4S. The van der Waals surface area contributed by atoms with Crippen LogP contribution in [-0.4, -0.2) is 20.6 Å². The molecule has 0 saturated carbocycles. The van der Waals surface area contributed by atoms with Crippen LogP contribution in [0.2, 0.25) is 0 Å². The van der Waals surface area contributed by atoms with Gasteiger partial charge in [0, 0.05) is 11.3 Å². The van der Waals surface area contributed by atoms with Gasteiger partial charge in [-0.2, -0.15) is 5.21 Å². The molecule has 0 saturated heterocycles. The summed E-state index contributed by atoms with van der Waals surface area (Å²) in [6, 6.07) is 4.06. The van der Waals surface area contributed by atoms with Crippen LogP contribution >= 0.6 is 27.3 Å². The second-order valence-corrected chi connectivity index (χ2v) is 4.76. The highest BCUT2D eigenvalue weighted by Gasteiger charge is 2.02. The Morgan fingerprint density at radius 2 is 2.42 bits per heavy atom. The van der Waals surface area contributed by atoms with Crippen molar-refractivity contribution in [2.45, 2.75) is 6.42 Å². The Hall–Kier alpha value is -0.750. The molecule has 2 aromatic rings. The quantitative estimate of drug-likeness (QED) is 0.874. The van der Waals surface area contributed by atoms with E-state index in [-0.39, 0.29) is 0 Å². The molecule has 2 aromatic heterocycles. The summed E-state index contributed by atoms with van der Waals surface area (Å²) in [5, 5.41) is 13.6. The number of hydrogen-bond acceptors (Lipinski definition) is 4. The topological polar surface area (TPSA) is 54.5 Å². The molecule has 0 spiro atoms. The van der Waals surface area contributed by atoms with Crippen molar-refractivity contribution >= 4 is 27.3 Å². The lowest BCUT2D eigenvalue weighted by atomic mass is 10.3. The Morgan fingerprint density at radius 1 is 1.50 bits per heavy atom. The number of nitrogens with one attached hydrogen (secondary N) is 1.